The van der Waals surface area contributed by atoms with Gasteiger partial charge in [0.1, 0.15) is 0 Å². The summed E-state index contributed by atoms with van der Waals surface area (Å²) in [6.45, 7) is -1.70. The molecule has 5 nitrogen and oxygen atoms in total. The molecule has 1 N–H and O–H groups in total. The highest BCUT2D eigenvalue weighted by Crippen LogP contribution is 2.52. The van der Waals surface area contributed by atoms with Gasteiger partial charge < -0.3 is 0 Å². The Kier molecular flexibility index (Phi) is 7.73. The van der Waals surface area contributed by atoms with Gasteiger partial charge in [-0.15, -0.1) is 0 Å². The van der Waals surface area contributed by atoms with Crippen molar-refractivity contribution < 1.29 is 79.5 Å². The zero-order chi connectivity index (χ0) is 26.6. The normalized spacial score (nSPS) is 19.4. The molecule has 0 aliphatic rings. The first kappa shape index (κ1) is 30.9. The second-order valence-corrected chi connectivity index (χ2v) is 8.58. The van der Waals surface area contributed by atoms with E-state index < -0.39 is 77.1 Å². The monoisotopic (exact) mass is 530 g/mol. The van der Waals surface area contributed by atoms with Gasteiger partial charge in [-0.1, -0.05) is 0 Å². The highest BCUT2D eigenvalue weighted by Gasteiger charge is 2.75. The Hall–Kier alpha value is -1.08. The fourth-order valence-electron chi connectivity index (χ4n) is 1.58. The highest BCUT2D eigenvalue weighted by molar-refractivity contribution is 7.86. The van der Waals surface area contributed by atoms with E-state index in [2.05, 4.69) is 9.47 Å². The van der Waals surface area contributed by atoms with Crippen molar-refractivity contribution in [2.75, 3.05) is 0 Å². The van der Waals surface area contributed by atoms with Crippen LogP contribution in [-0.4, -0.2) is 59.7 Å². The van der Waals surface area contributed by atoms with Crippen molar-refractivity contribution in [1.29, 1.82) is 0 Å². The standard InChI is InChI=1S/C13H15F13O5S/c1-6(2,14)9(18,19)5-10(20,7(3,15)16)31-11(21,22)8(4,17)30-12(23,24)13(25,26)32(27,28)29/h5H2,1-4H3,(H,27,28,29). The molecule has 0 aliphatic carbocycles. The summed E-state index contributed by atoms with van der Waals surface area (Å²) < 4.78 is 210. The molecule has 0 radical (unpaired) electrons. The van der Waals surface area contributed by atoms with Crippen molar-refractivity contribution in [2.24, 2.45) is 0 Å². The first-order chi connectivity index (χ1) is 13.4. The molecule has 0 aliphatic heterocycles. The molecule has 0 spiro atoms. The molecule has 0 aromatic rings. The molecule has 0 fully saturated rings. The van der Waals surface area contributed by atoms with Gasteiger partial charge in [0.15, 0.2) is 5.67 Å². The fraction of sp³-hybridized carbons (Fsp3) is 1.00. The van der Waals surface area contributed by atoms with Gasteiger partial charge in [0.05, 0.1) is 6.42 Å². The van der Waals surface area contributed by atoms with Gasteiger partial charge in [-0.25, -0.2) is 30.7 Å². The third kappa shape index (κ3) is 5.88. The second kappa shape index (κ2) is 8.00. The van der Waals surface area contributed by atoms with Gasteiger partial charge in [0.25, 0.3) is 11.8 Å². The Bertz CT molecular complexity index is 785. The third-order valence-electron chi connectivity index (χ3n) is 3.77. The molecule has 0 aromatic heterocycles. The second-order valence-electron chi connectivity index (χ2n) is 7.12. The molecule has 194 valence electrons. The molecular formula is C13H15F13O5S. The van der Waals surface area contributed by atoms with Crippen LogP contribution < -0.4 is 0 Å². The largest absolute Gasteiger partial charge is 0.460 e. The molecule has 0 saturated carbocycles. The van der Waals surface area contributed by atoms with Crippen molar-refractivity contribution in [1.82, 2.24) is 0 Å². The Labute approximate surface area is 171 Å². The average molecular weight is 530 g/mol. The number of ether oxygens (including phenoxy) is 2. The zero-order valence-electron chi connectivity index (χ0n) is 16.1. The van der Waals surface area contributed by atoms with Crippen LogP contribution in [0.2, 0.25) is 0 Å². The Balaban J connectivity index is 6.29. The van der Waals surface area contributed by atoms with Gasteiger partial charge in [0.2, 0.25) is 0 Å². The summed E-state index contributed by atoms with van der Waals surface area (Å²) in [6, 6.07) is 0. The van der Waals surface area contributed by atoms with Gasteiger partial charge in [-0.3, -0.25) is 14.0 Å². The zero-order valence-corrected chi connectivity index (χ0v) is 16.9. The van der Waals surface area contributed by atoms with Gasteiger partial charge in [0, 0.05) is 13.8 Å². The summed E-state index contributed by atoms with van der Waals surface area (Å²) in [5, 5.41) is -6.82. The predicted octanol–water partition coefficient (Wildman–Crippen LogP) is 5.47. The smallest absolute Gasteiger partial charge is 0.281 e. The minimum Gasteiger partial charge on any atom is -0.281 e. The molecule has 19 heteroatoms. The van der Waals surface area contributed by atoms with Gasteiger partial charge in [-0.2, -0.15) is 34.8 Å². The van der Waals surface area contributed by atoms with E-state index in [0.29, 0.717) is 0 Å². The van der Waals surface area contributed by atoms with Crippen molar-refractivity contribution in [2.45, 2.75) is 80.8 Å². The van der Waals surface area contributed by atoms with Gasteiger partial charge >= 0.3 is 39.4 Å². The SMILES string of the molecule is CC(C)(F)C(F)(F)CC(F)(OC(F)(F)C(C)(F)OC(F)(F)C(F)(F)S(=O)(=O)O)C(C)(F)F. The molecule has 0 bridgehead atoms. The van der Waals surface area contributed by atoms with Crippen molar-refractivity contribution in [3.05, 3.63) is 0 Å². The molecule has 32 heavy (non-hydrogen) atoms. The van der Waals surface area contributed by atoms with E-state index in [1.54, 1.807) is 0 Å². The van der Waals surface area contributed by atoms with E-state index in [-0.39, 0.29) is 13.8 Å². The van der Waals surface area contributed by atoms with Gasteiger partial charge in [-0.05, 0) is 13.8 Å². The molecule has 0 heterocycles. The van der Waals surface area contributed by atoms with Crippen molar-refractivity contribution in [3.63, 3.8) is 0 Å². The van der Waals surface area contributed by atoms with Crippen LogP contribution in [0.15, 0.2) is 0 Å². The summed E-state index contributed by atoms with van der Waals surface area (Å²) in [5.41, 5.74) is -3.88. The number of halogens is 13. The Morgan fingerprint density at radius 3 is 1.34 bits per heavy atom. The van der Waals surface area contributed by atoms with Crippen LogP contribution in [0.5, 0.6) is 0 Å². The van der Waals surface area contributed by atoms with Crippen LogP contribution in [0.25, 0.3) is 0 Å². The maximum atomic E-state index is 14.4. The number of rotatable bonds is 11. The molecular weight excluding hydrogens is 515 g/mol. The summed E-state index contributed by atoms with van der Waals surface area (Å²) in [4.78, 5) is 0. The molecule has 0 saturated heterocycles. The average Bonchev–Trinajstić information content (AvgIpc) is 2.40. The van der Waals surface area contributed by atoms with E-state index in [4.69, 9.17) is 4.55 Å². The molecule has 2 unspecified atom stereocenters. The number of alkyl halides is 13. The summed E-state index contributed by atoms with van der Waals surface area (Å²) in [5.74, 6) is -22.3. The topological polar surface area (TPSA) is 72.8 Å². The Morgan fingerprint density at radius 1 is 0.688 bits per heavy atom. The Morgan fingerprint density at radius 2 is 1.06 bits per heavy atom. The van der Waals surface area contributed by atoms with Crippen molar-refractivity contribution in [3.8, 4) is 0 Å². The quantitative estimate of drug-likeness (QED) is 0.284. The first-order valence-electron chi connectivity index (χ1n) is 7.70. The molecule has 2 atom stereocenters. The maximum Gasteiger partial charge on any atom is 0.460 e. The number of hydrogen-bond acceptors (Lipinski definition) is 4. The lowest BCUT2D eigenvalue weighted by Gasteiger charge is -2.41. The molecule has 0 aromatic carbocycles. The van der Waals surface area contributed by atoms with Crippen LogP contribution >= 0.6 is 0 Å². The van der Waals surface area contributed by atoms with Crippen LogP contribution in [-0.2, 0) is 19.6 Å². The lowest BCUT2D eigenvalue weighted by molar-refractivity contribution is -0.490. The molecule has 0 amide bonds. The number of hydrogen-bond donors (Lipinski definition) is 1. The summed E-state index contributed by atoms with van der Waals surface area (Å²) >= 11 is 0. The summed E-state index contributed by atoms with van der Waals surface area (Å²) in [6.07, 6.45) is -16.7. The third-order valence-corrected chi connectivity index (χ3v) is 4.65. The van der Waals surface area contributed by atoms with Crippen LogP contribution in [0.4, 0.5) is 57.1 Å². The predicted molar refractivity (Wildman–Crippen MR) is 77.3 cm³/mol. The van der Waals surface area contributed by atoms with E-state index in [1.165, 1.54) is 0 Å². The fourth-order valence-corrected chi connectivity index (χ4v) is 1.92. The molecule has 0 rings (SSSR count). The van der Waals surface area contributed by atoms with Crippen molar-refractivity contribution >= 4 is 10.1 Å². The first-order valence-corrected chi connectivity index (χ1v) is 9.14. The lowest BCUT2D eigenvalue weighted by Crippen LogP contribution is -2.61. The van der Waals surface area contributed by atoms with E-state index in [9.17, 15) is 65.5 Å². The minimum atomic E-state index is -7.17. The lowest BCUT2D eigenvalue weighted by atomic mass is 9.93. The highest BCUT2D eigenvalue weighted by atomic mass is 32.2. The summed E-state index contributed by atoms with van der Waals surface area (Å²) in [7, 11) is -7.17. The van der Waals surface area contributed by atoms with Crippen LogP contribution in [0.1, 0.15) is 34.1 Å². The van der Waals surface area contributed by atoms with E-state index in [0.717, 1.165) is 0 Å². The van der Waals surface area contributed by atoms with E-state index in [1.807, 2.05) is 0 Å². The van der Waals surface area contributed by atoms with Crippen LogP contribution in [0.3, 0.4) is 0 Å². The minimum absolute atomic E-state index is 0.0142. The van der Waals surface area contributed by atoms with Crippen LogP contribution in [0, 0.1) is 0 Å². The van der Waals surface area contributed by atoms with E-state index >= 15 is 0 Å². The maximum absolute atomic E-state index is 14.4.